The lowest BCUT2D eigenvalue weighted by molar-refractivity contribution is 1.58. The molecule has 0 fully saturated rings. The molecule has 1 heteroatoms. The van der Waals surface area contributed by atoms with E-state index in [-0.39, 0.29) is 0 Å². The van der Waals surface area contributed by atoms with Gasteiger partial charge in [0.15, 0.2) is 0 Å². The standard InChI is InChI=1S/C15H11Cl/c16-12-6-10-14-9-4-5-11-15(14)13-7-2-1-3-8-13/h1-5,7-9,11H,12H2. The molecule has 0 bridgehead atoms. The second kappa shape index (κ2) is 5.39. The molecular weight excluding hydrogens is 216 g/mol. The summed E-state index contributed by atoms with van der Waals surface area (Å²) in [7, 11) is 0. The topological polar surface area (TPSA) is 0 Å². The number of benzene rings is 2. The van der Waals surface area contributed by atoms with Crippen molar-refractivity contribution in [2.75, 3.05) is 5.88 Å². The number of hydrogen-bond donors (Lipinski definition) is 0. The van der Waals surface area contributed by atoms with Gasteiger partial charge in [-0.2, -0.15) is 0 Å². The Morgan fingerprint density at radius 3 is 2.31 bits per heavy atom. The summed E-state index contributed by atoms with van der Waals surface area (Å²) in [5, 5.41) is 0. The van der Waals surface area contributed by atoms with Crippen molar-refractivity contribution in [3.63, 3.8) is 0 Å². The van der Waals surface area contributed by atoms with Crippen molar-refractivity contribution in [2.24, 2.45) is 0 Å². The van der Waals surface area contributed by atoms with Gasteiger partial charge in [0.25, 0.3) is 0 Å². The quantitative estimate of drug-likeness (QED) is 0.510. The van der Waals surface area contributed by atoms with Crippen molar-refractivity contribution in [3.8, 4) is 23.0 Å². The molecule has 16 heavy (non-hydrogen) atoms. The van der Waals surface area contributed by atoms with Gasteiger partial charge in [0, 0.05) is 5.56 Å². The first kappa shape index (κ1) is 10.8. The molecule has 0 unspecified atom stereocenters. The summed E-state index contributed by atoms with van der Waals surface area (Å²) in [6.07, 6.45) is 0. The lowest BCUT2D eigenvalue weighted by Crippen LogP contribution is -1.83. The van der Waals surface area contributed by atoms with Crippen LogP contribution in [-0.2, 0) is 0 Å². The summed E-state index contributed by atoms with van der Waals surface area (Å²) in [6, 6.07) is 18.3. The van der Waals surface area contributed by atoms with Crippen LogP contribution in [0.3, 0.4) is 0 Å². The van der Waals surface area contributed by atoms with Gasteiger partial charge >= 0.3 is 0 Å². The zero-order valence-electron chi connectivity index (χ0n) is 8.78. The highest BCUT2D eigenvalue weighted by Gasteiger charge is 2.00. The summed E-state index contributed by atoms with van der Waals surface area (Å²) >= 11 is 5.58. The van der Waals surface area contributed by atoms with Crippen LogP contribution in [0, 0.1) is 11.8 Å². The predicted octanol–water partition coefficient (Wildman–Crippen LogP) is 3.94. The normalized spacial score (nSPS) is 9.31. The Kier molecular flexibility index (Phi) is 3.64. The Balaban J connectivity index is 2.49. The van der Waals surface area contributed by atoms with Crippen molar-refractivity contribution in [3.05, 3.63) is 60.2 Å². The van der Waals surface area contributed by atoms with Crippen molar-refractivity contribution in [1.82, 2.24) is 0 Å². The Morgan fingerprint density at radius 2 is 1.56 bits per heavy atom. The summed E-state index contributed by atoms with van der Waals surface area (Å²) in [6.45, 7) is 0. The van der Waals surface area contributed by atoms with Crippen LogP contribution < -0.4 is 0 Å². The predicted molar refractivity (Wildman–Crippen MR) is 69.5 cm³/mol. The summed E-state index contributed by atoms with van der Waals surface area (Å²) in [5.74, 6) is 6.33. The average Bonchev–Trinajstić information content (AvgIpc) is 2.38. The smallest absolute Gasteiger partial charge is 0.0839 e. The fraction of sp³-hybridized carbons (Fsp3) is 0.0667. The van der Waals surface area contributed by atoms with Crippen LogP contribution >= 0.6 is 11.6 Å². The van der Waals surface area contributed by atoms with Crippen LogP contribution in [0.15, 0.2) is 54.6 Å². The lowest BCUT2D eigenvalue weighted by atomic mass is 10.0. The van der Waals surface area contributed by atoms with E-state index in [1.807, 2.05) is 36.4 Å². The Labute approximate surface area is 101 Å². The second-order valence-corrected chi connectivity index (χ2v) is 3.61. The van der Waals surface area contributed by atoms with Crippen LogP contribution in [0.25, 0.3) is 11.1 Å². The molecule has 2 aromatic rings. The molecule has 0 aliphatic carbocycles. The van der Waals surface area contributed by atoms with E-state index in [0.717, 1.165) is 11.1 Å². The largest absolute Gasteiger partial charge is 0.113 e. The third-order valence-electron chi connectivity index (χ3n) is 2.30. The van der Waals surface area contributed by atoms with Crippen molar-refractivity contribution in [2.45, 2.75) is 0 Å². The molecule has 0 N–H and O–H groups in total. The van der Waals surface area contributed by atoms with E-state index in [0.29, 0.717) is 5.88 Å². The highest BCUT2D eigenvalue weighted by molar-refractivity contribution is 6.19. The first-order chi connectivity index (χ1) is 7.92. The summed E-state index contributed by atoms with van der Waals surface area (Å²) in [4.78, 5) is 0. The summed E-state index contributed by atoms with van der Waals surface area (Å²) in [5.41, 5.74) is 3.36. The molecule has 0 heterocycles. The zero-order chi connectivity index (χ0) is 11.2. The molecule has 0 saturated carbocycles. The van der Waals surface area contributed by atoms with Gasteiger partial charge in [-0.3, -0.25) is 0 Å². The highest BCUT2D eigenvalue weighted by atomic mass is 35.5. The molecule has 0 spiro atoms. The van der Waals surface area contributed by atoms with Gasteiger partial charge in [0.05, 0.1) is 5.88 Å². The fourth-order valence-electron chi connectivity index (χ4n) is 1.59. The van der Waals surface area contributed by atoms with E-state index in [9.17, 15) is 0 Å². The summed E-state index contributed by atoms with van der Waals surface area (Å²) < 4.78 is 0. The van der Waals surface area contributed by atoms with Crippen LogP contribution in [0.2, 0.25) is 0 Å². The molecule has 0 aliphatic heterocycles. The molecule has 78 valence electrons. The van der Waals surface area contributed by atoms with Crippen LogP contribution in [0.1, 0.15) is 5.56 Å². The maximum atomic E-state index is 5.58. The van der Waals surface area contributed by atoms with Crippen molar-refractivity contribution >= 4 is 11.6 Å². The van der Waals surface area contributed by atoms with Gasteiger partial charge in [-0.25, -0.2) is 0 Å². The molecule has 2 aromatic carbocycles. The van der Waals surface area contributed by atoms with Crippen LogP contribution in [-0.4, -0.2) is 5.88 Å². The van der Waals surface area contributed by atoms with Crippen molar-refractivity contribution in [1.29, 1.82) is 0 Å². The van der Waals surface area contributed by atoms with E-state index in [1.165, 1.54) is 5.56 Å². The van der Waals surface area contributed by atoms with E-state index >= 15 is 0 Å². The number of alkyl halides is 1. The zero-order valence-corrected chi connectivity index (χ0v) is 9.54. The third-order valence-corrected chi connectivity index (χ3v) is 2.44. The number of hydrogen-bond acceptors (Lipinski definition) is 0. The fourth-order valence-corrected chi connectivity index (χ4v) is 1.66. The maximum absolute atomic E-state index is 5.58. The SMILES string of the molecule is ClCC#Cc1ccccc1-c1ccccc1. The minimum atomic E-state index is 0.364. The van der Waals surface area contributed by atoms with E-state index in [2.05, 4.69) is 30.0 Å². The Hall–Kier alpha value is -1.71. The first-order valence-electron chi connectivity index (χ1n) is 5.11. The van der Waals surface area contributed by atoms with Gasteiger partial charge in [-0.05, 0) is 17.2 Å². The molecule has 0 aliphatic rings. The van der Waals surface area contributed by atoms with E-state index < -0.39 is 0 Å². The lowest BCUT2D eigenvalue weighted by Gasteiger charge is -2.03. The molecule has 2 rings (SSSR count). The molecule has 0 nitrogen and oxygen atoms in total. The van der Waals surface area contributed by atoms with Gasteiger partial charge < -0.3 is 0 Å². The van der Waals surface area contributed by atoms with Gasteiger partial charge in [-0.15, -0.1) is 11.6 Å². The average molecular weight is 227 g/mol. The molecule has 0 radical (unpaired) electrons. The number of halogens is 1. The monoisotopic (exact) mass is 226 g/mol. The molecule has 0 aromatic heterocycles. The second-order valence-electron chi connectivity index (χ2n) is 3.35. The van der Waals surface area contributed by atoms with Gasteiger partial charge in [0.2, 0.25) is 0 Å². The van der Waals surface area contributed by atoms with Gasteiger partial charge in [0.1, 0.15) is 0 Å². The van der Waals surface area contributed by atoms with E-state index in [4.69, 9.17) is 11.6 Å². The van der Waals surface area contributed by atoms with Crippen molar-refractivity contribution < 1.29 is 0 Å². The minimum Gasteiger partial charge on any atom is -0.113 e. The Morgan fingerprint density at radius 1 is 0.875 bits per heavy atom. The minimum absolute atomic E-state index is 0.364. The van der Waals surface area contributed by atoms with Crippen LogP contribution in [0.4, 0.5) is 0 Å². The Bertz CT molecular complexity index is 518. The molecular formula is C15H11Cl. The molecule has 0 saturated heterocycles. The van der Waals surface area contributed by atoms with E-state index in [1.54, 1.807) is 0 Å². The first-order valence-corrected chi connectivity index (χ1v) is 5.64. The molecule has 0 amide bonds. The highest BCUT2D eigenvalue weighted by Crippen LogP contribution is 2.22. The molecule has 0 atom stereocenters. The number of rotatable bonds is 1. The third kappa shape index (κ3) is 2.45. The maximum Gasteiger partial charge on any atom is 0.0839 e. The van der Waals surface area contributed by atoms with Crippen LogP contribution in [0.5, 0.6) is 0 Å². The van der Waals surface area contributed by atoms with Gasteiger partial charge in [-0.1, -0.05) is 60.4 Å².